The number of anilines is 1. The number of hydrogen-bond acceptors (Lipinski definition) is 7. The van der Waals surface area contributed by atoms with Crippen molar-refractivity contribution in [2.75, 3.05) is 12.8 Å². The molecule has 1 aromatic carbocycles. The van der Waals surface area contributed by atoms with Crippen molar-refractivity contribution >= 4 is 33.0 Å². The summed E-state index contributed by atoms with van der Waals surface area (Å²) in [5.74, 6) is 0.150. The highest BCUT2D eigenvalue weighted by Gasteiger charge is 2.34. The van der Waals surface area contributed by atoms with Gasteiger partial charge in [-0.2, -0.15) is 0 Å². The first-order valence-corrected chi connectivity index (χ1v) is 9.92. The monoisotopic (exact) mass is 409 g/mol. The lowest BCUT2D eigenvalue weighted by Crippen LogP contribution is -2.41. The fraction of sp³-hybridized carbons (Fsp3) is 0.200. The van der Waals surface area contributed by atoms with Gasteiger partial charge in [0.1, 0.15) is 15.5 Å². The third kappa shape index (κ3) is 2.73. The predicted molar refractivity (Wildman–Crippen MR) is 107 cm³/mol. The van der Waals surface area contributed by atoms with Gasteiger partial charge in [0.25, 0.3) is 5.78 Å². The molecule has 5 rings (SSSR count). The minimum atomic E-state index is -0.766. The van der Waals surface area contributed by atoms with E-state index in [-0.39, 0.29) is 10.6 Å². The number of aromatic amines is 1. The lowest BCUT2D eigenvalue weighted by molar-refractivity contribution is -0.672. The van der Waals surface area contributed by atoms with Crippen LogP contribution in [0.15, 0.2) is 39.6 Å². The summed E-state index contributed by atoms with van der Waals surface area (Å²) in [5.41, 5.74) is 8.52. The summed E-state index contributed by atoms with van der Waals surface area (Å²) in [4.78, 5) is 31.3. The van der Waals surface area contributed by atoms with Gasteiger partial charge in [0, 0.05) is 23.2 Å². The highest BCUT2D eigenvalue weighted by Crippen LogP contribution is 2.36. The summed E-state index contributed by atoms with van der Waals surface area (Å²) in [6.45, 7) is 0. The Balaban J connectivity index is 1.62. The van der Waals surface area contributed by atoms with Gasteiger partial charge in [-0.05, 0) is 53.0 Å². The molecule has 0 bridgehead atoms. The first-order valence-electron chi connectivity index (χ1n) is 9.10. The number of fused-ring (bicyclic) bond motifs is 2. The molecule has 0 saturated heterocycles. The zero-order valence-electron chi connectivity index (χ0n) is 15.5. The predicted octanol–water partition coefficient (Wildman–Crippen LogP) is 2.16. The number of benzene rings is 1. The van der Waals surface area contributed by atoms with Crippen LogP contribution >= 0.6 is 11.3 Å². The van der Waals surface area contributed by atoms with Crippen LogP contribution < -0.4 is 20.8 Å². The van der Waals surface area contributed by atoms with E-state index in [9.17, 15) is 9.59 Å². The van der Waals surface area contributed by atoms with Crippen molar-refractivity contribution in [3.63, 3.8) is 0 Å². The summed E-state index contributed by atoms with van der Waals surface area (Å²) in [6.07, 6.45) is 2.98. The van der Waals surface area contributed by atoms with Crippen molar-refractivity contribution in [1.29, 1.82) is 0 Å². The molecule has 0 aliphatic heterocycles. The van der Waals surface area contributed by atoms with Gasteiger partial charge in [0.15, 0.2) is 0 Å². The zero-order chi connectivity index (χ0) is 20.1. The molecule has 0 fully saturated rings. The molecule has 3 aromatic heterocycles. The summed E-state index contributed by atoms with van der Waals surface area (Å²) >= 11 is 1.20. The molecule has 0 amide bonds. The van der Waals surface area contributed by atoms with Gasteiger partial charge in [0.2, 0.25) is 5.69 Å². The molecule has 1 aliphatic carbocycles. The standard InChI is InChI=1S/C20H16N4O4S/c1-27-12-7-5-11(6-8-12)24-16(20(26)28-23-24)17(25)18-15(21)13-9-10-3-2-4-14(10)22-19(13)29-18/h5-9H,2-4H2,1H3,(H2-,21,23,25,26)/p+1. The van der Waals surface area contributed by atoms with Gasteiger partial charge in [-0.15, -0.1) is 11.3 Å². The van der Waals surface area contributed by atoms with Crippen LogP contribution in [0.2, 0.25) is 0 Å². The van der Waals surface area contributed by atoms with Crippen molar-refractivity contribution in [3.05, 3.63) is 62.6 Å². The van der Waals surface area contributed by atoms with Crippen molar-refractivity contribution < 1.29 is 18.7 Å². The van der Waals surface area contributed by atoms with Crippen molar-refractivity contribution in [2.45, 2.75) is 19.3 Å². The van der Waals surface area contributed by atoms with Crippen molar-refractivity contribution in [3.8, 4) is 11.4 Å². The van der Waals surface area contributed by atoms with Gasteiger partial charge in [-0.3, -0.25) is 9.32 Å². The molecule has 3 heterocycles. The minimum absolute atomic E-state index is 0.152. The van der Waals surface area contributed by atoms with E-state index in [1.165, 1.54) is 21.6 Å². The molecule has 9 heteroatoms. The molecule has 0 saturated carbocycles. The summed E-state index contributed by atoms with van der Waals surface area (Å²) in [5, 5.41) is 3.24. The molecule has 146 valence electrons. The number of methoxy groups -OCH3 is 1. The summed E-state index contributed by atoms with van der Waals surface area (Å²) in [7, 11) is 1.56. The lowest BCUT2D eigenvalue weighted by atomic mass is 10.1. The number of ether oxygens (including phenoxy) is 1. The number of ketones is 1. The second-order valence-electron chi connectivity index (χ2n) is 6.84. The van der Waals surface area contributed by atoms with E-state index in [4.69, 9.17) is 15.0 Å². The third-order valence-corrected chi connectivity index (χ3v) is 6.26. The Morgan fingerprint density at radius 3 is 2.86 bits per heavy atom. The first kappa shape index (κ1) is 17.6. The number of nitrogens with zero attached hydrogens (tertiary/aromatic N) is 2. The number of H-pyrrole nitrogens is 1. The van der Waals surface area contributed by atoms with Crippen LogP contribution in [0.25, 0.3) is 15.9 Å². The quantitative estimate of drug-likeness (QED) is 0.394. The smallest absolute Gasteiger partial charge is 0.439 e. The number of rotatable bonds is 4. The van der Waals surface area contributed by atoms with Crippen LogP contribution in [0.1, 0.15) is 33.0 Å². The fourth-order valence-corrected chi connectivity index (χ4v) is 4.69. The van der Waals surface area contributed by atoms with E-state index in [1.54, 1.807) is 31.4 Å². The number of nitrogens with two attached hydrogens (primary N) is 1. The Morgan fingerprint density at radius 1 is 1.31 bits per heavy atom. The van der Waals surface area contributed by atoms with Gasteiger partial charge in [-0.25, -0.2) is 9.78 Å². The normalized spacial score (nSPS) is 13.0. The number of nitrogens with one attached hydrogen (secondary N) is 1. The van der Waals surface area contributed by atoms with Crippen LogP contribution in [0, 0.1) is 0 Å². The molecule has 0 unspecified atom stereocenters. The number of carbonyl (C=O) groups is 1. The molecule has 8 nitrogen and oxygen atoms in total. The molecular formula is C20H17N4O4S+. The summed E-state index contributed by atoms with van der Waals surface area (Å²) in [6, 6.07) is 8.88. The molecule has 0 spiro atoms. The van der Waals surface area contributed by atoms with Crippen LogP contribution in [0.4, 0.5) is 5.69 Å². The minimum Gasteiger partial charge on any atom is -0.497 e. The van der Waals surface area contributed by atoms with E-state index in [0.717, 1.165) is 30.3 Å². The number of nitrogen functional groups attached to an aromatic ring is 1. The maximum Gasteiger partial charge on any atom is 0.439 e. The van der Waals surface area contributed by atoms with Gasteiger partial charge >= 0.3 is 11.3 Å². The van der Waals surface area contributed by atoms with E-state index >= 15 is 0 Å². The lowest BCUT2D eigenvalue weighted by Gasteiger charge is -1.99. The molecule has 1 aliphatic rings. The molecule has 0 atom stereocenters. The summed E-state index contributed by atoms with van der Waals surface area (Å²) < 4.78 is 11.4. The second-order valence-corrected chi connectivity index (χ2v) is 7.84. The fourth-order valence-electron chi connectivity index (χ4n) is 3.65. The first-order chi connectivity index (χ1) is 14.1. The van der Waals surface area contributed by atoms with Gasteiger partial charge < -0.3 is 10.5 Å². The number of hydrogen-bond donors (Lipinski definition) is 2. The maximum absolute atomic E-state index is 13.3. The molecular weight excluding hydrogens is 392 g/mol. The number of pyridine rings is 1. The van der Waals surface area contributed by atoms with Crippen LogP contribution in [0.5, 0.6) is 5.75 Å². The van der Waals surface area contributed by atoms with Crippen LogP contribution in [-0.4, -0.2) is 23.1 Å². The van der Waals surface area contributed by atoms with E-state index in [1.807, 2.05) is 6.07 Å². The zero-order valence-corrected chi connectivity index (χ0v) is 16.3. The Hall–Kier alpha value is -3.46. The Kier molecular flexibility index (Phi) is 3.99. The molecule has 29 heavy (non-hydrogen) atoms. The maximum atomic E-state index is 13.3. The molecule has 0 radical (unpaired) electrons. The van der Waals surface area contributed by atoms with Crippen LogP contribution in [0.3, 0.4) is 0 Å². The number of aryl methyl sites for hydroxylation is 2. The largest absolute Gasteiger partial charge is 0.497 e. The Bertz CT molecular complexity index is 1320. The Labute approximate surface area is 168 Å². The Morgan fingerprint density at radius 2 is 2.10 bits per heavy atom. The average Bonchev–Trinajstić information content (AvgIpc) is 3.43. The van der Waals surface area contributed by atoms with Gasteiger partial charge in [-0.1, -0.05) is 0 Å². The van der Waals surface area contributed by atoms with E-state index < -0.39 is 11.4 Å². The third-order valence-electron chi connectivity index (χ3n) is 5.15. The number of aromatic nitrogens is 3. The topological polar surface area (TPSA) is 115 Å². The highest BCUT2D eigenvalue weighted by molar-refractivity contribution is 7.21. The average molecular weight is 409 g/mol. The molecule has 3 N–H and O–H groups in total. The number of thiophene rings is 1. The van der Waals surface area contributed by atoms with E-state index in [2.05, 4.69) is 10.3 Å². The molecule has 4 aromatic rings. The van der Waals surface area contributed by atoms with Gasteiger partial charge in [0.05, 0.1) is 12.8 Å². The second kappa shape index (κ2) is 6.56. The number of carbonyl (C=O) groups excluding carboxylic acids is 1. The SMILES string of the molecule is COc1ccc(-[n+]2[nH]oc(=O)c2C(=O)c2sc3nc4c(cc3c2N)CCC4)cc1. The highest BCUT2D eigenvalue weighted by atomic mass is 32.1. The van der Waals surface area contributed by atoms with Crippen LogP contribution in [-0.2, 0) is 12.8 Å². The van der Waals surface area contributed by atoms with Crippen molar-refractivity contribution in [1.82, 2.24) is 10.3 Å². The van der Waals surface area contributed by atoms with Crippen molar-refractivity contribution in [2.24, 2.45) is 0 Å². The van der Waals surface area contributed by atoms with E-state index in [0.29, 0.717) is 22.0 Å².